The minimum atomic E-state index is -0.209. The molecular formula is C23H22N8O2. The summed E-state index contributed by atoms with van der Waals surface area (Å²) in [4.78, 5) is 22.4. The molecule has 5 aromatic rings. The molecule has 2 N–H and O–H groups in total. The van der Waals surface area contributed by atoms with Gasteiger partial charge < -0.3 is 10.6 Å². The molecule has 0 amide bonds. The SMILES string of the molecule is Cc1ccc(Nc2nc3nonc3nc2Nc2c(C)n(C)n(-c3ccccc3)c2=O)c(C)c1. The predicted octanol–water partition coefficient (Wildman–Crippen LogP) is 3.91. The normalized spacial score (nSPS) is 11.2. The van der Waals surface area contributed by atoms with Gasteiger partial charge in [0, 0.05) is 12.7 Å². The van der Waals surface area contributed by atoms with E-state index in [0.717, 1.165) is 28.2 Å². The number of aromatic nitrogens is 6. The first-order chi connectivity index (χ1) is 15.9. The molecule has 33 heavy (non-hydrogen) atoms. The molecule has 0 aliphatic rings. The molecule has 0 spiro atoms. The van der Waals surface area contributed by atoms with Crippen LogP contribution >= 0.6 is 0 Å². The minimum absolute atomic E-state index is 0.209. The number of aryl methyl sites for hydroxylation is 2. The lowest BCUT2D eigenvalue weighted by Crippen LogP contribution is -2.20. The Bertz CT molecular complexity index is 1530. The van der Waals surface area contributed by atoms with Crippen molar-refractivity contribution in [2.75, 3.05) is 10.6 Å². The Labute approximate surface area is 188 Å². The van der Waals surface area contributed by atoms with Gasteiger partial charge in [0.15, 0.2) is 11.6 Å². The van der Waals surface area contributed by atoms with Crippen LogP contribution in [0.2, 0.25) is 0 Å². The van der Waals surface area contributed by atoms with Gasteiger partial charge in [0.1, 0.15) is 5.69 Å². The molecule has 0 aliphatic heterocycles. The summed E-state index contributed by atoms with van der Waals surface area (Å²) in [5.74, 6) is 0.739. The fourth-order valence-electron chi connectivity index (χ4n) is 3.72. The molecule has 0 radical (unpaired) electrons. The van der Waals surface area contributed by atoms with Gasteiger partial charge in [0.2, 0.25) is 11.3 Å². The Kier molecular flexibility index (Phi) is 4.89. The number of hydrogen-bond acceptors (Lipinski definition) is 8. The summed E-state index contributed by atoms with van der Waals surface area (Å²) in [6, 6.07) is 15.5. The van der Waals surface area contributed by atoms with Gasteiger partial charge >= 0.3 is 0 Å². The number of fused-ring (bicyclic) bond motifs is 1. The maximum Gasteiger partial charge on any atom is 0.295 e. The Hall–Kier alpha value is -4.47. The highest BCUT2D eigenvalue weighted by Crippen LogP contribution is 2.29. The van der Waals surface area contributed by atoms with Gasteiger partial charge in [0.25, 0.3) is 5.56 Å². The second-order valence-corrected chi connectivity index (χ2v) is 7.84. The number of nitrogens with one attached hydrogen (secondary N) is 2. The molecular weight excluding hydrogens is 420 g/mol. The first-order valence-electron chi connectivity index (χ1n) is 10.4. The van der Waals surface area contributed by atoms with Crippen LogP contribution in [-0.2, 0) is 7.05 Å². The average Bonchev–Trinajstić information content (AvgIpc) is 3.34. The topological polar surface area (TPSA) is 116 Å². The lowest BCUT2D eigenvalue weighted by atomic mass is 10.1. The van der Waals surface area contributed by atoms with Crippen molar-refractivity contribution in [1.29, 1.82) is 0 Å². The maximum atomic E-state index is 13.4. The molecule has 166 valence electrons. The summed E-state index contributed by atoms with van der Waals surface area (Å²) >= 11 is 0. The fourth-order valence-corrected chi connectivity index (χ4v) is 3.72. The van der Waals surface area contributed by atoms with Crippen LogP contribution in [-0.4, -0.2) is 29.6 Å². The van der Waals surface area contributed by atoms with Crippen LogP contribution in [0.5, 0.6) is 0 Å². The van der Waals surface area contributed by atoms with Gasteiger partial charge in [-0.3, -0.25) is 9.48 Å². The average molecular weight is 442 g/mol. The van der Waals surface area contributed by atoms with Crippen molar-refractivity contribution in [3.63, 3.8) is 0 Å². The third kappa shape index (κ3) is 3.61. The van der Waals surface area contributed by atoms with E-state index in [2.05, 4.69) is 37.0 Å². The summed E-state index contributed by atoms with van der Waals surface area (Å²) in [5, 5.41) is 14.1. The second-order valence-electron chi connectivity index (χ2n) is 7.84. The molecule has 0 fully saturated rings. The Morgan fingerprint density at radius 2 is 1.55 bits per heavy atom. The highest BCUT2D eigenvalue weighted by atomic mass is 16.6. The standard InChI is InChI=1S/C23H22N8O2/c1-13-10-11-17(14(2)12-13)24-19-20(27-22-21(26-19)28-33-29-22)25-18-15(3)30(4)31(23(18)32)16-8-6-5-7-9-16/h5-12H,1-4H3,(H,24,26,28)(H,25,27,29). The summed E-state index contributed by atoms with van der Waals surface area (Å²) in [6.07, 6.45) is 0. The largest absolute Gasteiger partial charge is 0.337 e. The molecule has 0 atom stereocenters. The second kappa shape index (κ2) is 7.90. The summed E-state index contributed by atoms with van der Waals surface area (Å²) in [7, 11) is 1.83. The van der Waals surface area contributed by atoms with Crippen molar-refractivity contribution in [2.45, 2.75) is 20.8 Å². The molecule has 3 heterocycles. The smallest absolute Gasteiger partial charge is 0.295 e. The van der Waals surface area contributed by atoms with Crippen molar-refractivity contribution < 1.29 is 4.63 Å². The third-order valence-corrected chi connectivity index (χ3v) is 5.55. The van der Waals surface area contributed by atoms with Crippen LogP contribution in [0, 0.1) is 20.8 Å². The van der Waals surface area contributed by atoms with Crippen LogP contribution in [0.4, 0.5) is 23.0 Å². The minimum Gasteiger partial charge on any atom is -0.337 e. The summed E-state index contributed by atoms with van der Waals surface area (Å²) in [5.41, 5.74) is 5.23. The number of para-hydroxylation sites is 1. The van der Waals surface area contributed by atoms with Crippen molar-refractivity contribution >= 4 is 34.3 Å². The number of benzene rings is 2. The highest BCUT2D eigenvalue weighted by molar-refractivity contribution is 5.80. The van der Waals surface area contributed by atoms with Crippen LogP contribution in [0.3, 0.4) is 0 Å². The first kappa shape index (κ1) is 20.4. The van der Waals surface area contributed by atoms with Crippen molar-refractivity contribution in [3.8, 4) is 5.69 Å². The van der Waals surface area contributed by atoms with E-state index in [9.17, 15) is 4.79 Å². The predicted molar refractivity (Wildman–Crippen MR) is 126 cm³/mol. The molecule has 2 aromatic carbocycles. The molecule has 0 aliphatic carbocycles. The third-order valence-electron chi connectivity index (χ3n) is 5.55. The lowest BCUT2D eigenvalue weighted by Gasteiger charge is -2.13. The van der Waals surface area contributed by atoms with Gasteiger partial charge in [-0.05, 0) is 54.8 Å². The first-order valence-corrected chi connectivity index (χ1v) is 10.4. The van der Waals surface area contributed by atoms with Crippen LogP contribution in [0.15, 0.2) is 58.0 Å². The molecule has 10 heteroatoms. The van der Waals surface area contributed by atoms with E-state index in [1.807, 2.05) is 70.3 Å². The maximum absolute atomic E-state index is 13.4. The van der Waals surface area contributed by atoms with Gasteiger partial charge in [-0.2, -0.15) is 0 Å². The number of nitrogens with zero attached hydrogens (tertiary/aromatic N) is 6. The summed E-state index contributed by atoms with van der Waals surface area (Å²) < 4.78 is 8.18. The monoisotopic (exact) mass is 442 g/mol. The number of hydrogen-bond donors (Lipinski definition) is 2. The van der Waals surface area contributed by atoms with Gasteiger partial charge in [-0.1, -0.05) is 35.9 Å². The van der Waals surface area contributed by atoms with Crippen LogP contribution in [0.25, 0.3) is 17.0 Å². The molecule has 10 nitrogen and oxygen atoms in total. The molecule has 0 unspecified atom stereocenters. The zero-order valence-corrected chi connectivity index (χ0v) is 18.6. The number of anilines is 4. The van der Waals surface area contributed by atoms with E-state index >= 15 is 0 Å². The molecule has 3 aromatic heterocycles. The zero-order valence-electron chi connectivity index (χ0n) is 18.6. The van der Waals surface area contributed by atoms with Gasteiger partial charge in [-0.15, -0.1) is 0 Å². The lowest BCUT2D eigenvalue weighted by molar-refractivity contribution is 0.314. The molecule has 0 saturated carbocycles. The van der Waals surface area contributed by atoms with Crippen molar-refractivity contribution in [1.82, 2.24) is 29.6 Å². The number of rotatable bonds is 5. The van der Waals surface area contributed by atoms with Crippen molar-refractivity contribution in [3.05, 3.63) is 75.7 Å². The quantitative estimate of drug-likeness (QED) is 0.421. The van der Waals surface area contributed by atoms with E-state index in [0.29, 0.717) is 17.3 Å². The molecule has 0 saturated heterocycles. The van der Waals surface area contributed by atoms with E-state index in [-0.39, 0.29) is 16.9 Å². The molecule has 5 rings (SSSR count). The van der Waals surface area contributed by atoms with E-state index in [1.165, 1.54) is 0 Å². The Balaban J connectivity index is 1.61. The summed E-state index contributed by atoms with van der Waals surface area (Å²) in [6.45, 7) is 5.91. The fraction of sp³-hybridized carbons (Fsp3) is 0.174. The van der Waals surface area contributed by atoms with Crippen LogP contribution < -0.4 is 16.2 Å². The van der Waals surface area contributed by atoms with E-state index in [1.54, 1.807) is 9.36 Å². The van der Waals surface area contributed by atoms with Gasteiger partial charge in [-0.25, -0.2) is 19.3 Å². The Morgan fingerprint density at radius 1 is 0.879 bits per heavy atom. The molecule has 0 bridgehead atoms. The van der Waals surface area contributed by atoms with E-state index < -0.39 is 0 Å². The van der Waals surface area contributed by atoms with Gasteiger partial charge in [0.05, 0.1) is 11.4 Å². The van der Waals surface area contributed by atoms with Crippen LogP contribution in [0.1, 0.15) is 16.8 Å². The zero-order chi connectivity index (χ0) is 23.1. The Morgan fingerprint density at radius 3 is 2.21 bits per heavy atom. The van der Waals surface area contributed by atoms with Crippen molar-refractivity contribution in [2.24, 2.45) is 7.05 Å². The highest BCUT2D eigenvalue weighted by Gasteiger charge is 2.20. The van der Waals surface area contributed by atoms with E-state index in [4.69, 9.17) is 4.63 Å².